The van der Waals surface area contributed by atoms with Crippen LogP contribution in [-0.2, 0) is 16.2 Å². The molecule has 4 heteroatoms. The van der Waals surface area contributed by atoms with Gasteiger partial charge in [0, 0.05) is 24.1 Å². The van der Waals surface area contributed by atoms with E-state index in [9.17, 15) is 0 Å². The molecule has 1 aliphatic carbocycles. The molecule has 0 spiro atoms. The summed E-state index contributed by atoms with van der Waals surface area (Å²) >= 11 is 5.87. The first kappa shape index (κ1) is 14.7. The molecule has 19 heavy (non-hydrogen) atoms. The summed E-state index contributed by atoms with van der Waals surface area (Å²) in [6.07, 6.45) is 6.24. The molecule has 1 heterocycles. The van der Waals surface area contributed by atoms with E-state index < -0.39 is 0 Å². The van der Waals surface area contributed by atoms with Gasteiger partial charge in [-0.1, -0.05) is 6.92 Å². The number of ether oxygens (including phenoxy) is 1. The highest BCUT2D eigenvalue weighted by Gasteiger charge is 2.39. The van der Waals surface area contributed by atoms with Crippen LogP contribution in [0.2, 0.25) is 0 Å². The second-order valence-electron chi connectivity index (χ2n) is 5.55. The van der Waals surface area contributed by atoms with Crippen LogP contribution in [0.4, 0.5) is 0 Å². The van der Waals surface area contributed by atoms with E-state index in [1.165, 1.54) is 12.8 Å². The Balaban J connectivity index is 2.31. The van der Waals surface area contributed by atoms with Gasteiger partial charge in [-0.25, -0.2) is 9.97 Å². The van der Waals surface area contributed by atoms with Crippen LogP contribution in [0.25, 0.3) is 0 Å². The minimum atomic E-state index is -0.281. The number of alkyl halides is 1. The molecule has 1 aliphatic rings. The average molecular weight is 283 g/mol. The van der Waals surface area contributed by atoms with E-state index in [-0.39, 0.29) is 5.60 Å². The van der Waals surface area contributed by atoms with Gasteiger partial charge in [-0.3, -0.25) is 0 Å². The number of nitrogens with zero attached hydrogens (tertiary/aromatic N) is 2. The van der Waals surface area contributed by atoms with Crippen molar-refractivity contribution in [3.05, 3.63) is 23.3 Å². The molecule has 1 aromatic heterocycles. The zero-order valence-electron chi connectivity index (χ0n) is 12.1. The third-order valence-electron chi connectivity index (χ3n) is 4.14. The van der Waals surface area contributed by atoms with Crippen LogP contribution in [0.15, 0.2) is 6.20 Å². The lowest BCUT2D eigenvalue weighted by molar-refractivity contribution is -0.0838. The van der Waals surface area contributed by atoms with Gasteiger partial charge in [0.2, 0.25) is 0 Å². The second kappa shape index (κ2) is 6.19. The zero-order valence-corrected chi connectivity index (χ0v) is 12.8. The van der Waals surface area contributed by atoms with E-state index in [1.54, 1.807) is 0 Å². The summed E-state index contributed by atoms with van der Waals surface area (Å²) in [7, 11) is 0. The van der Waals surface area contributed by atoms with Crippen molar-refractivity contribution in [2.24, 2.45) is 5.92 Å². The summed E-state index contributed by atoms with van der Waals surface area (Å²) in [5, 5.41) is 0. The van der Waals surface area contributed by atoms with E-state index in [0.717, 1.165) is 35.8 Å². The molecule has 3 nitrogen and oxygen atoms in total. The van der Waals surface area contributed by atoms with Gasteiger partial charge in [0.1, 0.15) is 5.60 Å². The van der Waals surface area contributed by atoms with E-state index in [0.29, 0.717) is 12.5 Å². The summed E-state index contributed by atoms with van der Waals surface area (Å²) in [4.78, 5) is 9.19. The van der Waals surface area contributed by atoms with Gasteiger partial charge in [-0.15, -0.1) is 11.6 Å². The molecule has 0 aliphatic heterocycles. The molecule has 2 rings (SSSR count). The maximum absolute atomic E-state index is 6.08. The number of halogens is 1. The third kappa shape index (κ3) is 3.09. The van der Waals surface area contributed by atoms with Crippen molar-refractivity contribution in [3.8, 4) is 0 Å². The largest absolute Gasteiger partial charge is 0.367 e. The molecule has 1 aromatic rings. The Morgan fingerprint density at radius 3 is 2.63 bits per heavy atom. The van der Waals surface area contributed by atoms with Gasteiger partial charge in [0.25, 0.3) is 0 Å². The topological polar surface area (TPSA) is 35.0 Å². The maximum atomic E-state index is 6.08. The third-order valence-corrected chi connectivity index (χ3v) is 4.42. The Morgan fingerprint density at radius 1 is 1.42 bits per heavy atom. The summed E-state index contributed by atoms with van der Waals surface area (Å²) in [5.74, 6) is 2.08. The molecule has 0 radical (unpaired) electrons. The van der Waals surface area contributed by atoms with Gasteiger partial charge in [0.05, 0.1) is 5.88 Å². The van der Waals surface area contributed by atoms with Crippen LogP contribution in [0.1, 0.15) is 56.6 Å². The summed E-state index contributed by atoms with van der Waals surface area (Å²) in [6.45, 7) is 7.04. The molecule has 0 saturated heterocycles. The molecule has 0 bridgehead atoms. The van der Waals surface area contributed by atoms with Crippen LogP contribution in [0.3, 0.4) is 0 Å². The minimum absolute atomic E-state index is 0.281. The Labute approximate surface area is 120 Å². The smallest absolute Gasteiger partial charge is 0.160 e. The lowest BCUT2D eigenvalue weighted by Gasteiger charge is -2.38. The van der Waals surface area contributed by atoms with E-state index in [2.05, 4.69) is 16.9 Å². The second-order valence-corrected chi connectivity index (χ2v) is 5.81. The fourth-order valence-corrected chi connectivity index (χ4v) is 3.04. The number of hydrogen-bond acceptors (Lipinski definition) is 3. The number of aryl methyl sites for hydroxylation is 1. The first-order chi connectivity index (χ1) is 9.11. The Morgan fingerprint density at radius 2 is 2.11 bits per heavy atom. The predicted molar refractivity (Wildman–Crippen MR) is 77.3 cm³/mol. The fourth-order valence-electron chi connectivity index (χ4n) is 2.78. The van der Waals surface area contributed by atoms with Crippen LogP contribution < -0.4 is 0 Å². The molecule has 0 unspecified atom stereocenters. The van der Waals surface area contributed by atoms with Crippen molar-refractivity contribution in [3.63, 3.8) is 0 Å². The molecular weight excluding hydrogens is 260 g/mol. The fraction of sp³-hybridized carbons (Fsp3) is 0.733. The number of rotatable bonds is 4. The number of aromatic nitrogens is 2. The quantitative estimate of drug-likeness (QED) is 0.784. The highest BCUT2D eigenvalue weighted by molar-refractivity contribution is 6.17. The van der Waals surface area contributed by atoms with Crippen LogP contribution in [0.5, 0.6) is 0 Å². The Kier molecular flexibility index (Phi) is 4.80. The molecular formula is C15H23ClN2O. The molecule has 0 amide bonds. The number of hydrogen-bond donors (Lipinski definition) is 0. The van der Waals surface area contributed by atoms with Crippen LogP contribution in [0, 0.1) is 12.8 Å². The van der Waals surface area contributed by atoms with E-state index in [1.807, 2.05) is 20.0 Å². The van der Waals surface area contributed by atoms with Gasteiger partial charge < -0.3 is 4.74 Å². The first-order valence-electron chi connectivity index (χ1n) is 7.14. The monoisotopic (exact) mass is 282 g/mol. The van der Waals surface area contributed by atoms with Crippen molar-refractivity contribution in [2.75, 3.05) is 6.61 Å². The minimum Gasteiger partial charge on any atom is -0.367 e. The molecule has 0 N–H and O–H groups in total. The maximum Gasteiger partial charge on any atom is 0.160 e. The zero-order chi connectivity index (χ0) is 13.9. The molecule has 1 fully saturated rings. The summed E-state index contributed by atoms with van der Waals surface area (Å²) in [5.41, 5.74) is 1.69. The lowest BCUT2D eigenvalue weighted by atomic mass is 9.78. The van der Waals surface area contributed by atoms with Crippen molar-refractivity contribution in [1.82, 2.24) is 9.97 Å². The van der Waals surface area contributed by atoms with E-state index in [4.69, 9.17) is 16.3 Å². The first-order valence-corrected chi connectivity index (χ1v) is 7.67. The van der Waals surface area contributed by atoms with E-state index >= 15 is 0 Å². The Bertz CT molecular complexity index is 428. The van der Waals surface area contributed by atoms with Gasteiger partial charge in [0.15, 0.2) is 5.82 Å². The SMILES string of the molecule is CCOC1(c2ncc(CCl)c(C)n2)CCC(C)CC1. The van der Waals surface area contributed by atoms with Crippen molar-refractivity contribution < 1.29 is 4.74 Å². The Hall–Kier alpha value is -0.670. The average Bonchev–Trinajstić information content (AvgIpc) is 2.42. The molecule has 0 atom stereocenters. The van der Waals surface area contributed by atoms with Gasteiger partial charge in [-0.2, -0.15) is 0 Å². The normalized spacial score (nSPS) is 27.5. The van der Waals surface area contributed by atoms with Crippen molar-refractivity contribution >= 4 is 11.6 Å². The van der Waals surface area contributed by atoms with Gasteiger partial charge in [-0.05, 0) is 45.4 Å². The predicted octanol–water partition coefficient (Wildman–Crippen LogP) is 3.97. The van der Waals surface area contributed by atoms with Crippen LogP contribution in [-0.4, -0.2) is 16.6 Å². The van der Waals surface area contributed by atoms with Gasteiger partial charge >= 0.3 is 0 Å². The standard InChI is InChI=1S/C15H23ClN2O/c1-4-19-15(7-5-11(2)6-8-15)14-17-10-13(9-16)12(3)18-14/h10-11H,4-9H2,1-3H3. The lowest BCUT2D eigenvalue weighted by Crippen LogP contribution is -2.36. The highest BCUT2D eigenvalue weighted by Crippen LogP contribution is 2.41. The van der Waals surface area contributed by atoms with Crippen molar-refractivity contribution in [2.45, 2.75) is 57.9 Å². The highest BCUT2D eigenvalue weighted by atomic mass is 35.5. The summed E-state index contributed by atoms with van der Waals surface area (Å²) < 4.78 is 6.08. The molecule has 1 saturated carbocycles. The van der Waals surface area contributed by atoms with Crippen molar-refractivity contribution in [1.29, 1.82) is 0 Å². The molecule has 106 valence electrons. The summed E-state index contributed by atoms with van der Waals surface area (Å²) in [6, 6.07) is 0. The van der Waals surface area contributed by atoms with Crippen LogP contribution >= 0.6 is 11.6 Å². The molecule has 0 aromatic carbocycles.